The molecule has 0 fully saturated rings. The number of aryl methyl sites for hydroxylation is 2. The van der Waals surface area contributed by atoms with Crippen LogP contribution in [0.25, 0.3) is 16.9 Å². The van der Waals surface area contributed by atoms with Crippen molar-refractivity contribution >= 4 is 33.0 Å². The van der Waals surface area contributed by atoms with Crippen LogP contribution in [-0.2, 0) is 0 Å². The molecule has 2 N–H and O–H groups in total. The van der Waals surface area contributed by atoms with Crippen LogP contribution in [0, 0.1) is 19.7 Å². The van der Waals surface area contributed by atoms with Crippen molar-refractivity contribution in [2.45, 2.75) is 13.8 Å². The number of imidazole rings is 1. The number of nitrogens with zero attached hydrogens (tertiary/aromatic N) is 3. The first-order valence-corrected chi connectivity index (χ1v) is 6.84. The number of nitrogen functional groups attached to an aromatic ring is 1. The second kappa shape index (κ2) is 4.56. The fourth-order valence-electron chi connectivity index (χ4n) is 2.23. The molecule has 0 bridgehead atoms. The molecule has 0 saturated heterocycles. The van der Waals surface area contributed by atoms with Crippen LogP contribution in [0.4, 0.5) is 10.3 Å². The van der Waals surface area contributed by atoms with Gasteiger partial charge in [-0.15, -0.1) is 0 Å². The van der Waals surface area contributed by atoms with E-state index in [4.69, 9.17) is 5.73 Å². The van der Waals surface area contributed by atoms with E-state index < -0.39 is 0 Å². The number of hydrogen-bond acceptors (Lipinski definition) is 3. The van der Waals surface area contributed by atoms with E-state index in [-0.39, 0.29) is 5.82 Å². The lowest BCUT2D eigenvalue weighted by Crippen LogP contribution is -2.04. The molecule has 0 amide bonds. The summed E-state index contributed by atoms with van der Waals surface area (Å²) in [6.45, 7) is 3.83. The summed E-state index contributed by atoms with van der Waals surface area (Å²) < 4.78 is 15.9. The van der Waals surface area contributed by atoms with Crippen LogP contribution in [-0.4, -0.2) is 14.5 Å². The van der Waals surface area contributed by atoms with Gasteiger partial charge in [0.15, 0.2) is 5.65 Å². The van der Waals surface area contributed by atoms with Crippen LogP contribution >= 0.6 is 15.9 Å². The van der Waals surface area contributed by atoms with Crippen molar-refractivity contribution in [1.29, 1.82) is 0 Å². The molecule has 0 saturated carbocycles. The first-order valence-electron chi connectivity index (χ1n) is 6.04. The van der Waals surface area contributed by atoms with Crippen LogP contribution in [0.5, 0.6) is 0 Å². The Morgan fingerprint density at radius 1 is 1.25 bits per heavy atom. The quantitative estimate of drug-likeness (QED) is 0.740. The number of aromatic nitrogens is 3. The Morgan fingerprint density at radius 2 is 2.00 bits per heavy atom. The van der Waals surface area contributed by atoms with Crippen LogP contribution in [0.15, 0.2) is 28.9 Å². The van der Waals surface area contributed by atoms with Crippen molar-refractivity contribution in [3.05, 3.63) is 45.8 Å². The number of fused-ring (bicyclic) bond motifs is 1. The molecule has 0 unspecified atom stereocenters. The number of hydrogen-bond donors (Lipinski definition) is 1. The van der Waals surface area contributed by atoms with Crippen molar-refractivity contribution in [2.24, 2.45) is 0 Å². The molecule has 6 heteroatoms. The normalized spacial score (nSPS) is 11.2. The van der Waals surface area contributed by atoms with Crippen LogP contribution in [0.1, 0.15) is 11.1 Å². The minimum absolute atomic E-state index is 0.298. The predicted octanol–water partition coefficient (Wildman–Crippen LogP) is 3.52. The van der Waals surface area contributed by atoms with Crippen molar-refractivity contribution in [2.75, 3.05) is 5.73 Å². The van der Waals surface area contributed by atoms with Gasteiger partial charge >= 0.3 is 0 Å². The molecular formula is C14H12BrFN4. The molecule has 1 aromatic carbocycles. The predicted molar refractivity (Wildman–Crippen MR) is 80.4 cm³/mol. The topological polar surface area (TPSA) is 56.7 Å². The molecule has 20 heavy (non-hydrogen) atoms. The third kappa shape index (κ3) is 1.87. The Balaban J connectivity index is 2.38. The van der Waals surface area contributed by atoms with Gasteiger partial charge in [-0.2, -0.15) is 0 Å². The van der Waals surface area contributed by atoms with Gasteiger partial charge in [-0.05, 0) is 59.1 Å². The minimum Gasteiger partial charge on any atom is -0.369 e. The van der Waals surface area contributed by atoms with Gasteiger partial charge in [-0.25, -0.2) is 14.4 Å². The number of halogens is 2. The maximum Gasteiger partial charge on any atom is 0.207 e. The highest BCUT2D eigenvalue weighted by atomic mass is 79.9. The van der Waals surface area contributed by atoms with Crippen molar-refractivity contribution in [3.8, 4) is 5.69 Å². The smallest absolute Gasteiger partial charge is 0.207 e. The standard InChI is InChI=1S/C14H12BrFN4/c1-7-3-4-18-13-12(7)19-14(17)20(13)11-6-10(16)9(15)5-8(11)2/h3-6H,1-2H3,(H2,17,19). The Kier molecular flexibility index (Phi) is 2.97. The third-order valence-corrected chi connectivity index (χ3v) is 3.86. The van der Waals surface area contributed by atoms with E-state index in [0.29, 0.717) is 21.8 Å². The Bertz CT molecular complexity index is 826. The van der Waals surface area contributed by atoms with Crippen molar-refractivity contribution < 1.29 is 4.39 Å². The van der Waals surface area contributed by atoms with Crippen LogP contribution < -0.4 is 5.73 Å². The van der Waals surface area contributed by atoms with E-state index in [1.807, 2.05) is 19.9 Å². The SMILES string of the molecule is Cc1cc(Br)c(F)cc1-n1c(N)nc2c(C)ccnc21. The van der Waals surface area contributed by atoms with Gasteiger partial charge in [0.05, 0.1) is 10.2 Å². The number of benzene rings is 1. The maximum absolute atomic E-state index is 13.8. The van der Waals surface area contributed by atoms with Gasteiger partial charge in [0.1, 0.15) is 11.3 Å². The van der Waals surface area contributed by atoms with E-state index in [2.05, 4.69) is 25.9 Å². The zero-order valence-corrected chi connectivity index (χ0v) is 12.6. The highest BCUT2D eigenvalue weighted by molar-refractivity contribution is 9.10. The van der Waals surface area contributed by atoms with E-state index in [1.165, 1.54) is 6.07 Å². The first kappa shape index (κ1) is 13.1. The van der Waals surface area contributed by atoms with Crippen molar-refractivity contribution in [3.63, 3.8) is 0 Å². The summed E-state index contributed by atoms with van der Waals surface area (Å²) in [5.41, 5.74) is 9.86. The van der Waals surface area contributed by atoms with Gasteiger partial charge in [0.2, 0.25) is 5.95 Å². The molecule has 4 nitrogen and oxygen atoms in total. The summed E-state index contributed by atoms with van der Waals surface area (Å²) in [5, 5.41) is 0. The molecule has 2 heterocycles. The molecule has 102 valence electrons. The Hall–Kier alpha value is -1.95. The van der Waals surface area contributed by atoms with Gasteiger partial charge < -0.3 is 5.73 Å². The minimum atomic E-state index is -0.348. The zero-order chi connectivity index (χ0) is 14.4. The van der Waals surface area contributed by atoms with Crippen LogP contribution in [0.3, 0.4) is 0 Å². The number of rotatable bonds is 1. The third-order valence-electron chi connectivity index (χ3n) is 3.25. The van der Waals surface area contributed by atoms with E-state index in [9.17, 15) is 4.39 Å². The molecule has 2 aromatic heterocycles. The molecule has 0 spiro atoms. The number of pyridine rings is 1. The van der Waals surface area contributed by atoms with Gasteiger partial charge in [-0.1, -0.05) is 0 Å². The van der Waals surface area contributed by atoms with Gasteiger partial charge in [0.25, 0.3) is 0 Å². The molecule has 0 aliphatic carbocycles. The molecule has 0 aliphatic heterocycles. The lowest BCUT2D eigenvalue weighted by Gasteiger charge is -2.10. The molecule has 3 aromatic rings. The molecule has 0 radical (unpaired) electrons. The zero-order valence-electron chi connectivity index (χ0n) is 11.0. The van der Waals surface area contributed by atoms with Crippen LogP contribution in [0.2, 0.25) is 0 Å². The summed E-state index contributed by atoms with van der Waals surface area (Å²) in [5.74, 6) is -0.0499. The average Bonchev–Trinajstić information content (AvgIpc) is 2.72. The molecule has 0 aliphatic rings. The number of anilines is 1. The highest BCUT2D eigenvalue weighted by Gasteiger charge is 2.16. The first-order chi connectivity index (χ1) is 9.49. The Morgan fingerprint density at radius 3 is 2.75 bits per heavy atom. The summed E-state index contributed by atoms with van der Waals surface area (Å²) in [6.07, 6.45) is 1.69. The molecular weight excluding hydrogens is 323 g/mol. The monoisotopic (exact) mass is 334 g/mol. The molecule has 0 atom stereocenters. The summed E-state index contributed by atoms with van der Waals surface area (Å²) >= 11 is 3.18. The van der Waals surface area contributed by atoms with Gasteiger partial charge in [-0.3, -0.25) is 4.57 Å². The van der Waals surface area contributed by atoms with Gasteiger partial charge in [0, 0.05) is 6.20 Å². The Labute approximate surface area is 123 Å². The van der Waals surface area contributed by atoms with E-state index in [1.54, 1.807) is 16.8 Å². The van der Waals surface area contributed by atoms with E-state index >= 15 is 0 Å². The average molecular weight is 335 g/mol. The maximum atomic E-state index is 13.8. The lowest BCUT2D eigenvalue weighted by molar-refractivity contribution is 0.619. The van der Waals surface area contributed by atoms with E-state index in [0.717, 1.165) is 16.6 Å². The second-order valence-corrected chi connectivity index (χ2v) is 5.51. The summed E-state index contributed by atoms with van der Waals surface area (Å²) in [6, 6.07) is 5.01. The second-order valence-electron chi connectivity index (χ2n) is 4.66. The summed E-state index contributed by atoms with van der Waals surface area (Å²) in [7, 11) is 0. The lowest BCUT2D eigenvalue weighted by atomic mass is 10.2. The number of nitrogens with two attached hydrogens (primary N) is 1. The fraction of sp³-hybridized carbons (Fsp3) is 0.143. The summed E-state index contributed by atoms with van der Waals surface area (Å²) in [4.78, 5) is 8.65. The molecule has 3 rings (SSSR count). The largest absolute Gasteiger partial charge is 0.369 e. The highest BCUT2D eigenvalue weighted by Crippen LogP contribution is 2.28. The fourth-order valence-corrected chi connectivity index (χ4v) is 2.68. The van der Waals surface area contributed by atoms with Crippen molar-refractivity contribution in [1.82, 2.24) is 14.5 Å².